The number of nitrogens with one attached hydrogen (secondary N) is 2. The van der Waals surface area contributed by atoms with Gasteiger partial charge >= 0.3 is 0 Å². The zero-order valence-electron chi connectivity index (χ0n) is 21.5. The van der Waals surface area contributed by atoms with Crippen molar-refractivity contribution in [2.75, 3.05) is 38.6 Å². The molecule has 0 spiro atoms. The number of likely N-dealkylation sites (N-methyl/N-ethyl adjacent to an activating group) is 1. The van der Waals surface area contributed by atoms with Gasteiger partial charge in [-0.25, -0.2) is 9.97 Å². The van der Waals surface area contributed by atoms with Crippen molar-refractivity contribution >= 4 is 5.82 Å². The summed E-state index contributed by atoms with van der Waals surface area (Å²) in [4.78, 5) is 12.6. The Bertz CT molecular complexity index is 1190. The fourth-order valence-electron chi connectivity index (χ4n) is 4.93. The molecular weight excluding hydrogens is 456 g/mol. The highest BCUT2D eigenvalue weighted by Crippen LogP contribution is 2.35. The van der Waals surface area contributed by atoms with Crippen LogP contribution < -0.4 is 15.4 Å². The molecule has 192 valence electrons. The molecule has 2 atom stereocenters. The smallest absolute Gasteiger partial charge is 0.162 e. The first-order valence-electron chi connectivity index (χ1n) is 12.8. The predicted molar refractivity (Wildman–Crippen MR) is 139 cm³/mol. The second-order valence-electron chi connectivity index (χ2n) is 9.97. The summed E-state index contributed by atoms with van der Waals surface area (Å²) in [7, 11) is 1.80. The predicted octanol–water partition coefficient (Wildman–Crippen LogP) is 3.33. The van der Waals surface area contributed by atoms with E-state index in [1.54, 1.807) is 7.05 Å². The third-order valence-electron chi connectivity index (χ3n) is 7.01. The number of likely N-dealkylation sites (tertiary alicyclic amines) is 1. The molecule has 1 aromatic carbocycles. The number of aliphatic hydroxyl groups excluding tert-OH is 1. The molecule has 0 radical (unpaired) electrons. The second kappa shape index (κ2) is 10.5. The van der Waals surface area contributed by atoms with Gasteiger partial charge in [-0.15, -0.1) is 0 Å². The lowest BCUT2D eigenvalue weighted by Crippen LogP contribution is -2.29. The van der Waals surface area contributed by atoms with Crippen molar-refractivity contribution in [3.05, 3.63) is 41.3 Å². The Labute approximate surface area is 212 Å². The maximum atomic E-state index is 10.0. The molecule has 1 unspecified atom stereocenters. The molecule has 0 amide bonds. The standard InChI is InChI=1S/C27H36N6O3/c1-16-25(24-17(2)32-36-18(24)3)30-27(19-6-5-7-23(12-19)35-15-22(34)13-28-4)31-26(16)29-20-10-11-33(14-20)21-8-9-21/h5-7,12,20-22,28,34H,8-11,13-15H2,1-4H3,(H,29,30,31)/t20-,22?/m1/s1. The van der Waals surface area contributed by atoms with Crippen LogP contribution in [0.3, 0.4) is 0 Å². The molecule has 36 heavy (non-hydrogen) atoms. The third-order valence-corrected chi connectivity index (χ3v) is 7.01. The van der Waals surface area contributed by atoms with E-state index in [9.17, 15) is 5.11 Å². The van der Waals surface area contributed by atoms with Crippen LogP contribution in [0.2, 0.25) is 0 Å². The molecule has 1 aliphatic heterocycles. The van der Waals surface area contributed by atoms with Gasteiger partial charge in [0.05, 0.1) is 17.0 Å². The summed E-state index contributed by atoms with van der Waals surface area (Å²) in [5.41, 5.74) is 4.38. The van der Waals surface area contributed by atoms with E-state index in [1.807, 2.05) is 38.1 Å². The number of hydrogen-bond donors (Lipinski definition) is 3. The summed E-state index contributed by atoms with van der Waals surface area (Å²) in [6.45, 7) is 8.76. The first-order chi connectivity index (χ1) is 17.4. The van der Waals surface area contributed by atoms with Crippen LogP contribution in [0.1, 0.15) is 36.3 Å². The van der Waals surface area contributed by atoms with Gasteiger partial charge in [0.15, 0.2) is 5.82 Å². The topological polar surface area (TPSA) is 109 Å². The van der Waals surface area contributed by atoms with Gasteiger partial charge in [-0.05, 0) is 59.2 Å². The van der Waals surface area contributed by atoms with E-state index in [0.29, 0.717) is 24.2 Å². The number of hydrogen-bond acceptors (Lipinski definition) is 9. The van der Waals surface area contributed by atoms with E-state index < -0.39 is 6.10 Å². The molecule has 0 bridgehead atoms. The molecule has 2 aromatic heterocycles. The van der Waals surface area contributed by atoms with Gasteiger partial charge in [0.25, 0.3) is 0 Å². The van der Waals surface area contributed by atoms with E-state index >= 15 is 0 Å². The van der Waals surface area contributed by atoms with Crippen LogP contribution in [0.15, 0.2) is 28.8 Å². The summed E-state index contributed by atoms with van der Waals surface area (Å²) >= 11 is 0. The fraction of sp³-hybridized carbons (Fsp3) is 0.519. The van der Waals surface area contributed by atoms with Crippen LogP contribution in [-0.4, -0.2) is 76.6 Å². The highest BCUT2D eigenvalue weighted by atomic mass is 16.5. The van der Waals surface area contributed by atoms with E-state index in [4.69, 9.17) is 19.2 Å². The lowest BCUT2D eigenvalue weighted by molar-refractivity contribution is 0.108. The maximum Gasteiger partial charge on any atom is 0.162 e. The second-order valence-corrected chi connectivity index (χ2v) is 9.97. The number of aromatic nitrogens is 3. The number of aryl methyl sites for hydroxylation is 2. The number of anilines is 1. The molecule has 2 aliphatic rings. The molecule has 1 aliphatic carbocycles. The van der Waals surface area contributed by atoms with Crippen molar-refractivity contribution in [2.24, 2.45) is 0 Å². The lowest BCUT2D eigenvalue weighted by Gasteiger charge is -2.19. The summed E-state index contributed by atoms with van der Waals surface area (Å²) < 4.78 is 11.3. The molecule has 9 heteroatoms. The Balaban J connectivity index is 1.47. The van der Waals surface area contributed by atoms with Gasteiger partial charge in [-0.3, -0.25) is 4.90 Å². The Hall–Kier alpha value is -3.01. The monoisotopic (exact) mass is 492 g/mol. The van der Waals surface area contributed by atoms with Crippen molar-refractivity contribution in [3.63, 3.8) is 0 Å². The Morgan fingerprint density at radius 1 is 1.19 bits per heavy atom. The molecule has 9 nitrogen and oxygen atoms in total. The van der Waals surface area contributed by atoms with Crippen LogP contribution in [0.4, 0.5) is 5.82 Å². The Morgan fingerprint density at radius 3 is 2.75 bits per heavy atom. The van der Waals surface area contributed by atoms with Gasteiger partial charge in [-0.2, -0.15) is 0 Å². The average Bonchev–Trinajstić information content (AvgIpc) is 3.53. The van der Waals surface area contributed by atoms with Crippen molar-refractivity contribution < 1.29 is 14.4 Å². The van der Waals surface area contributed by atoms with Gasteiger partial charge < -0.3 is 25.0 Å². The van der Waals surface area contributed by atoms with Crippen LogP contribution in [0.25, 0.3) is 22.6 Å². The summed E-state index contributed by atoms with van der Waals surface area (Å²) in [6, 6.07) is 8.82. The van der Waals surface area contributed by atoms with Crippen molar-refractivity contribution in [3.8, 4) is 28.4 Å². The summed E-state index contributed by atoms with van der Waals surface area (Å²) in [5.74, 6) is 2.85. The van der Waals surface area contributed by atoms with Gasteiger partial charge in [0.1, 0.15) is 30.0 Å². The number of nitrogens with zero attached hydrogens (tertiary/aromatic N) is 4. The van der Waals surface area contributed by atoms with Crippen LogP contribution >= 0.6 is 0 Å². The molecule has 2 fully saturated rings. The average molecular weight is 493 g/mol. The minimum atomic E-state index is -0.585. The number of ether oxygens (including phenoxy) is 1. The molecule has 5 rings (SSSR count). The fourth-order valence-corrected chi connectivity index (χ4v) is 4.93. The van der Waals surface area contributed by atoms with Gasteiger partial charge in [0.2, 0.25) is 0 Å². The quantitative estimate of drug-likeness (QED) is 0.393. The Kier molecular flexibility index (Phi) is 7.22. The first kappa shape index (κ1) is 24.7. The van der Waals surface area contributed by atoms with Crippen LogP contribution in [0, 0.1) is 20.8 Å². The molecule has 1 saturated heterocycles. The molecular formula is C27H36N6O3. The highest BCUT2D eigenvalue weighted by molar-refractivity contribution is 5.74. The number of rotatable bonds is 10. The van der Waals surface area contributed by atoms with Crippen LogP contribution in [0.5, 0.6) is 5.75 Å². The zero-order valence-corrected chi connectivity index (χ0v) is 21.5. The number of benzene rings is 1. The van der Waals surface area contributed by atoms with E-state index in [-0.39, 0.29) is 6.61 Å². The molecule has 3 heterocycles. The minimum Gasteiger partial charge on any atom is -0.491 e. The summed E-state index contributed by atoms with van der Waals surface area (Å²) in [6.07, 6.45) is 3.17. The zero-order chi connectivity index (χ0) is 25.2. The number of aliphatic hydroxyl groups is 1. The minimum absolute atomic E-state index is 0.204. The van der Waals surface area contributed by atoms with Gasteiger partial charge in [0, 0.05) is 42.8 Å². The third kappa shape index (κ3) is 5.38. The van der Waals surface area contributed by atoms with Crippen molar-refractivity contribution in [2.45, 2.75) is 58.2 Å². The largest absolute Gasteiger partial charge is 0.491 e. The first-order valence-corrected chi connectivity index (χ1v) is 12.8. The lowest BCUT2D eigenvalue weighted by atomic mass is 10.0. The van der Waals surface area contributed by atoms with E-state index in [1.165, 1.54) is 12.8 Å². The van der Waals surface area contributed by atoms with E-state index in [2.05, 4.69) is 27.6 Å². The maximum absolute atomic E-state index is 10.0. The van der Waals surface area contributed by atoms with Crippen LogP contribution in [-0.2, 0) is 0 Å². The van der Waals surface area contributed by atoms with Crippen molar-refractivity contribution in [1.82, 2.24) is 25.3 Å². The molecule has 1 saturated carbocycles. The highest BCUT2D eigenvalue weighted by Gasteiger charge is 2.34. The molecule has 3 aromatic rings. The van der Waals surface area contributed by atoms with E-state index in [0.717, 1.165) is 65.2 Å². The SMILES string of the molecule is CNCC(O)COc1cccc(-c2nc(N[C@@H]3CCN(C4CC4)C3)c(C)c(-c3c(C)noc3C)n2)c1. The van der Waals surface area contributed by atoms with Crippen molar-refractivity contribution in [1.29, 1.82) is 0 Å². The Morgan fingerprint density at radius 2 is 2.03 bits per heavy atom. The summed E-state index contributed by atoms with van der Waals surface area (Å²) in [5, 5.41) is 20.9. The molecule has 3 N–H and O–H groups in total. The van der Waals surface area contributed by atoms with Gasteiger partial charge in [-0.1, -0.05) is 17.3 Å². The normalized spacial score (nSPS) is 19.0.